The van der Waals surface area contributed by atoms with Gasteiger partial charge in [0.1, 0.15) is 17.2 Å². The summed E-state index contributed by atoms with van der Waals surface area (Å²) in [6, 6.07) is 6.81. The Labute approximate surface area is 213 Å². The zero-order valence-corrected chi connectivity index (χ0v) is 21.2. The van der Waals surface area contributed by atoms with Gasteiger partial charge in [-0.15, -0.1) is 0 Å². The Morgan fingerprint density at radius 1 is 1.03 bits per heavy atom. The molecule has 37 heavy (non-hydrogen) atoms. The lowest BCUT2D eigenvalue weighted by Crippen LogP contribution is -2.44. The molecule has 1 fully saturated rings. The van der Waals surface area contributed by atoms with Gasteiger partial charge in [0, 0.05) is 38.4 Å². The van der Waals surface area contributed by atoms with Gasteiger partial charge in [0.2, 0.25) is 0 Å². The highest BCUT2D eigenvalue weighted by Crippen LogP contribution is 2.34. The number of ether oxygens (including phenoxy) is 1. The van der Waals surface area contributed by atoms with Gasteiger partial charge in [-0.1, -0.05) is 6.07 Å². The van der Waals surface area contributed by atoms with E-state index in [9.17, 15) is 18.4 Å². The first-order valence-corrected chi connectivity index (χ1v) is 12.0. The number of likely N-dealkylation sites (N-methyl/N-ethyl adjacent to an activating group) is 1. The number of nitrogens with zero attached hydrogens (tertiary/aromatic N) is 6. The first-order chi connectivity index (χ1) is 17.5. The molecule has 2 aliphatic rings. The molecule has 0 atom stereocenters. The van der Waals surface area contributed by atoms with Crippen LogP contribution in [-0.4, -0.2) is 75.4 Å². The number of carbonyl (C=O) groups excluding carboxylic acids is 2. The maximum Gasteiger partial charge on any atom is 0.417 e. The fourth-order valence-electron chi connectivity index (χ4n) is 4.46. The molecule has 1 saturated heterocycles. The van der Waals surface area contributed by atoms with E-state index in [0.717, 1.165) is 43.2 Å². The molecule has 194 valence electrons. The maximum absolute atomic E-state index is 14.7. The Hall–Kier alpha value is -3.86. The number of fused-ring (bicyclic) bond motifs is 1. The molecule has 11 heteroatoms. The topological polar surface area (TPSA) is 83.8 Å². The van der Waals surface area contributed by atoms with E-state index in [1.54, 1.807) is 27.0 Å². The lowest BCUT2D eigenvalue weighted by atomic mass is 10.1. The molecular weight excluding hydrogens is 482 g/mol. The molecule has 5 rings (SSSR count). The summed E-state index contributed by atoms with van der Waals surface area (Å²) in [6.07, 6.45) is 0.868. The number of carbonyl (C=O) groups is 2. The van der Waals surface area contributed by atoms with Gasteiger partial charge >= 0.3 is 6.09 Å². The fourth-order valence-corrected chi connectivity index (χ4v) is 4.46. The normalized spacial score (nSPS) is 16.3. The van der Waals surface area contributed by atoms with Crippen LogP contribution < -0.4 is 4.90 Å². The highest BCUT2D eigenvalue weighted by molar-refractivity contribution is 6.08. The van der Waals surface area contributed by atoms with Gasteiger partial charge in [0.25, 0.3) is 5.91 Å². The third kappa shape index (κ3) is 4.78. The second kappa shape index (κ2) is 9.22. The molecule has 2 aromatic heterocycles. The number of imide groups is 1. The number of benzene rings is 1. The SMILES string of the molecule is CN1CCN(c2ccn(-c3cc(-c4c(F)cccc4F)nc4c3C(=O)N(C(=O)OC(C)(C)C)C4)n2)CC1. The van der Waals surface area contributed by atoms with E-state index in [1.807, 2.05) is 6.07 Å². The monoisotopic (exact) mass is 510 g/mol. The third-order valence-electron chi connectivity index (χ3n) is 6.32. The van der Waals surface area contributed by atoms with Crippen LogP contribution in [0.25, 0.3) is 16.9 Å². The molecule has 2 amide bonds. The summed E-state index contributed by atoms with van der Waals surface area (Å²) in [6.45, 7) is 8.26. The molecule has 0 aliphatic carbocycles. The Morgan fingerprint density at radius 2 is 1.70 bits per heavy atom. The summed E-state index contributed by atoms with van der Waals surface area (Å²) >= 11 is 0. The molecule has 3 aromatic rings. The zero-order valence-electron chi connectivity index (χ0n) is 21.2. The standard InChI is InChI=1S/C26H28F2N6O3/c1-26(2,3)37-25(36)33-15-19-23(24(33)35)20(14-18(29-19)22-16(27)6-5-7-17(22)28)34-9-8-21(30-34)32-12-10-31(4)11-13-32/h5-9,14H,10-13,15H2,1-4H3. The van der Waals surface area contributed by atoms with Crippen LogP contribution in [0.1, 0.15) is 36.8 Å². The van der Waals surface area contributed by atoms with Crippen LogP contribution in [0.3, 0.4) is 0 Å². The largest absolute Gasteiger partial charge is 0.443 e. The molecule has 1 aromatic carbocycles. The average Bonchev–Trinajstić information content (AvgIpc) is 3.43. The summed E-state index contributed by atoms with van der Waals surface area (Å²) in [5.41, 5.74) is -0.509. The molecule has 4 heterocycles. The summed E-state index contributed by atoms with van der Waals surface area (Å²) in [5.74, 6) is -1.47. The van der Waals surface area contributed by atoms with E-state index in [1.165, 1.54) is 16.8 Å². The van der Waals surface area contributed by atoms with Crippen LogP contribution in [0.5, 0.6) is 0 Å². The van der Waals surface area contributed by atoms with Gasteiger partial charge < -0.3 is 14.5 Å². The van der Waals surface area contributed by atoms with Crippen molar-refractivity contribution in [3.8, 4) is 16.9 Å². The quantitative estimate of drug-likeness (QED) is 0.529. The van der Waals surface area contributed by atoms with Gasteiger partial charge in [0.05, 0.1) is 34.7 Å². The van der Waals surface area contributed by atoms with E-state index < -0.39 is 29.2 Å². The molecule has 0 N–H and O–H groups in total. The van der Waals surface area contributed by atoms with Gasteiger partial charge in [-0.25, -0.2) is 28.1 Å². The van der Waals surface area contributed by atoms with Gasteiger partial charge in [-0.05, 0) is 46.0 Å². The number of rotatable bonds is 3. The fraction of sp³-hybridized carbons (Fsp3) is 0.385. The minimum atomic E-state index is -0.821. The van der Waals surface area contributed by atoms with Crippen molar-refractivity contribution in [1.82, 2.24) is 24.6 Å². The van der Waals surface area contributed by atoms with E-state index in [2.05, 4.69) is 26.9 Å². The second-order valence-corrected chi connectivity index (χ2v) is 10.2. The van der Waals surface area contributed by atoms with Crippen molar-refractivity contribution in [1.29, 1.82) is 0 Å². The number of piperazine rings is 1. The summed E-state index contributed by atoms with van der Waals surface area (Å²) in [7, 11) is 2.06. The van der Waals surface area contributed by atoms with Gasteiger partial charge in [-0.3, -0.25) is 4.79 Å². The van der Waals surface area contributed by atoms with Crippen molar-refractivity contribution in [3.63, 3.8) is 0 Å². The van der Waals surface area contributed by atoms with Crippen LogP contribution >= 0.6 is 0 Å². The van der Waals surface area contributed by atoms with Gasteiger partial charge in [0.15, 0.2) is 5.82 Å². The molecule has 0 radical (unpaired) electrons. The first kappa shape index (κ1) is 24.8. The number of hydrogen-bond acceptors (Lipinski definition) is 7. The van der Waals surface area contributed by atoms with Crippen LogP contribution in [0.2, 0.25) is 0 Å². The van der Waals surface area contributed by atoms with E-state index >= 15 is 0 Å². The summed E-state index contributed by atoms with van der Waals surface area (Å²) in [4.78, 5) is 35.9. The van der Waals surface area contributed by atoms with Crippen LogP contribution in [0, 0.1) is 11.6 Å². The average molecular weight is 511 g/mol. The lowest BCUT2D eigenvalue weighted by Gasteiger charge is -2.32. The molecule has 0 unspecified atom stereocenters. The summed E-state index contributed by atoms with van der Waals surface area (Å²) in [5, 5.41) is 4.67. The molecule has 9 nitrogen and oxygen atoms in total. The summed E-state index contributed by atoms with van der Waals surface area (Å²) < 4.78 is 36.3. The number of hydrogen-bond donors (Lipinski definition) is 0. The maximum atomic E-state index is 14.7. The van der Waals surface area contributed by atoms with Crippen LogP contribution in [-0.2, 0) is 11.3 Å². The lowest BCUT2D eigenvalue weighted by molar-refractivity contribution is 0.0247. The number of anilines is 1. The van der Waals surface area contributed by atoms with Crippen LogP contribution in [0.15, 0.2) is 36.5 Å². The molecule has 0 bridgehead atoms. The number of aromatic nitrogens is 3. The predicted octanol–water partition coefficient (Wildman–Crippen LogP) is 3.86. The third-order valence-corrected chi connectivity index (χ3v) is 6.32. The number of amides is 2. The zero-order chi connectivity index (χ0) is 26.5. The molecule has 0 saturated carbocycles. The van der Waals surface area contributed by atoms with Gasteiger partial charge in [-0.2, -0.15) is 5.10 Å². The van der Waals surface area contributed by atoms with Crippen molar-refractivity contribution in [2.45, 2.75) is 32.9 Å². The van der Waals surface area contributed by atoms with Crippen molar-refractivity contribution < 1.29 is 23.1 Å². The van der Waals surface area contributed by atoms with Crippen LogP contribution in [0.4, 0.5) is 19.4 Å². The Bertz CT molecular complexity index is 1350. The highest BCUT2D eigenvalue weighted by Gasteiger charge is 2.39. The minimum Gasteiger partial charge on any atom is -0.443 e. The molecule has 0 spiro atoms. The second-order valence-electron chi connectivity index (χ2n) is 10.2. The molecule has 2 aliphatic heterocycles. The van der Waals surface area contributed by atoms with E-state index in [0.29, 0.717) is 5.82 Å². The Kier molecular flexibility index (Phi) is 6.18. The van der Waals surface area contributed by atoms with E-state index in [-0.39, 0.29) is 34.7 Å². The minimum absolute atomic E-state index is 0.000152. The number of pyridine rings is 1. The van der Waals surface area contributed by atoms with Crippen molar-refractivity contribution in [3.05, 3.63) is 59.4 Å². The Balaban J connectivity index is 1.60. The predicted molar refractivity (Wildman–Crippen MR) is 133 cm³/mol. The van der Waals surface area contributed by atoms with Crippen molar-refractivity contribution in [2.24, 2.45) is 0 Å². The Morgan fingerprint density at radius 3 is 2.35 bits per heavy atom. The number of halogens is 2. The van der Waals surface area contributed by atoms with Crippen molar-refractivity contribution >= 4 is 17.8 Å². The first-order valence-electron chi connectivity index (χ1n) is 12.0. The smallest absolute Gasteiger partial charge is 0.417 e. The highest BCUT2D eigenvalue weighted by atomic mass is 19.1. The molecular formula is C26H28F2N6O3. The van der Waals surface area contributed by atoms with E-state index in [4.69, 9.17) is 4.74 Å². The van der Waals surface area contributed by atoms with Crippen molar-refractivity contribution in [2.75, 3.05) is 38.1 Å².